The molecule has 18 heavy (non-hydrogen) atoms. The van der Waals surface area contributed by atoms with Crippen LogP contribution in [-0.2, 0) is 11.3 Å². The van der Waals surface area contributed by atoms with Gasteiger partial charge in [0.15, 0.2) is 5.69 Å². The molecule has 0 spiro atoms. The third kappa shape index (κ3) is 4.07. The number of aliphatic hydroxyl groups is 1. The predicted molar refractivity (Wildman–Crippen MR) is 67.6 cm³/mol. The van der Waals surface area contributed by atoms with Crippen molar-refractivity contribution < 1.29 is 19.7 Å². The maximum absolute atomic E-state index is 11.9. The zero-order valence-electron chi connectivity index (χ0n) is 11.1. The second-order valence-electron chi connectivity index (χ2n) is 5.18. The maximum atomic E-state index is 11.9. The van der Waals surface area contributed by atoms with Gasteiger partial charge >= 0.3 is 5.97 Å². The molecule has 0 amide bonds. The van der Waals surface area contributed by atoms with Crippen LogP contribution in [0.25, 0.3) is 0 Å². The Morgan fingerprint density at radius 2 is 2.06 bits per heavy atom. The van der Waals surface area contributed by atoms with E-state index in [1.807, 2.05) is 0 Å². The van der Waals surface area contributed by atoms with Gasteiger partial charge in [-0.3, -0.25) is 0 Å². The molecule has 0 aromatic carbocycles. The Labute approximate surface area is 107 Å². The van der Waals surface area contributed by atoms with Crippen LogP contribution in [0.5, 0.6) is 5.75 Å². The lowest BCUT2D eigenvalue weighted by atomic mass is 10.2. The lowest BCUT2D eigenvalue weighted by molar-refractivity contribution is 0.00546. The lowest BCUT2D eigenvalue weighted by Gasteiger charge is -2.20. The van der Waals surface area contributed by atoms with Crippen molar-refractivity contribution in [3.05, 3.63) is 18.0 Å². The number of rotatable bonds is 5. The molecule has 0 aliphatic heterocycles. The molecule has 0 unspecified atom stereocenters. The molecule has 0 aliphatic rings. The monoisotopic (exact) mass is 255 g/mol. The average molecular weight is 255 g/mol. The lowest BCUT2D eigenvalue weighted by Crippen LogP contribution is -2.25. The van der Waals surface area contributed by atoms with Crippen LogP contribution in [0.1, 0.15) is 44.1 Å². The first-order valence-corrected chi connectivity index (χ1v) is 6.07. The van der Waals surface area contributed by atoms with Crippen LogP contribution in [0, 0.1) is 0 Å². The number of carbonyl (C=O) groups is 1. The van der Waals surface area contributed by atoms with Gasteiger partial charge in [-0.1, -0.05) is 0 Å². The van der Waals surface area contributed by atoms with Gasteiger partial charge in [0.05, 0.1) is 0 Å². The normalized spacial score (nSPS) is 11.6. The van der Waals surface area contributed by atoms with Crippen molar-refractivity contribution in [1.29, 1.82) is 0 Å². The Balaban J connectivity index is 2.80. The molecule has 0 saturated heterocycles. The molecule has 0 radical (unpaired) electrons. The summed E-state index contributed by atoms with van der Waals surface area (Å²) in [6.45, 7) is 6.02. The van der Waals surface area contributed by atoms with E-state index < -0.39 is 11.6 Å². The molecule has 0 fully saturated rings. The van der Waals surface area contributed by atoms with E-state index >= 15 is 0 Å². The van der Waals surface area contributed by atoms with E-state index in [0.717, 1.165) is 6.42 Å². The van der Waals surface area contributed by atoms with E-state index in [-0.39, 0.29) is 18.1 Å². The van der Waals surface area contributed by atoms with Gasteiger partial charge < -0.3 is 19.5 Å². The molecular weight excluding hydrogens is 234 g/mol. The van der Waals surface area contributed by atoms with Gasteiger partial charge in [-0.2, -0.15) is 0 Å². The molecule has 1 aromatic rings. The number of unbranched alkanes of at least 4 members (excludes halogenated alkanes) is 1. The molecule has 5 heteroatoms. The highest BCUT2D eigenvalue weighted by molar-refractivity contribution is 5.91. The molecular formula is C13H21NO4. The van der Waals surface area contributed by atoms with Crippen LogP contribution in [0.4, 0.5) is 0 Å². The standard InChI is InChI=1S/C13H21NO4/c1-13(2,3)18-12(17)11-10(16)6-8-14(11)7-4-5-9-15/h6,8,15-16H,4-5,7,9H2,1-3H3. The summed E-state index contributed by atoms with van der Waals surface area (Å²) in [5.74, 6) is -0.609. The fraction of sp³-hybridized carbons (Fsp3) is 0.615. The second-order valence-corrected chi connectivity index (χ2v) is 5.18. The van der Waals surface area contributed by atoms with E-state index in [1.165, 1.54) is 6.07 Å². The summed E-state index contributed by atoms with van der Waals surface area (Å²) in [5, 5.41) is 18.4. The van der Waals surface area contributed by atoms with Crippen molar-refractivity contribution in [2.45, 2.75) is 45.8 Å². The molecule has 1 heterocycles. The summed E-state index contributed by atoms with van der Waals surface area (Å²) in [7, 11) is 0. The average Bonchev–Trinajstić information content (AvgIpc) is 2.58. The topological polar surface area (TPSA) is 71.7 Å². The summed E-state index contributed by atoms with van der Waals surface area (Å²) in [6, 6.07) is 1.47. The number of hydrogen-bond acceptors (Lipinski definition) is 4. The molecule has 1 rings (SSSR count). The van der Waals surface area contributed by atoms with Crippen LogP contribution >= 0.6 is 0 Å². The van der Waals surface area contributed by atoms with Crippen molar-refractivity contribution >= 4 is 5.97 Å². The summed E-state index contributed by atoms with van der Waals surface area (Å²) < 4.78 is 6.89. The maximum Gasteiger partial charge on any atom is 0.359 e. The van der Waals surface area contributed by atoms with Crippen LogP contribution < -0.4 is 0 Å². The fourth-order valence-corrected chi connectivity index (χ4v) is 1.59. The Morgan fingerprint density at radius 3 is 2.61 bits per heavy atom. The minimum Gasteiger partial charge on any atom is -0.505 e. The summed E-state index contributed by atoms with van der Waals surface area (Å²) >= 11 is 0. The van der Waals surface area contributed by atoms with Crippen molar-refractivity contribution in [3.63, 3.8) is 0 Å². The van der Waals surface area contributed by atoms with Gasteiger partial charge in [0.1, 0.15) is 11.4 Å². The van der Waals surface area contributed by atoms with Crippen molar-refractivity contribution in [2.24, 2.45) is 0 Å². The van der Waals surface area contributed by atoms with E-state index in [0.29, 0.717) is 13.0 Å². The van der Waals surface area contributed by atoms with E-state index in [2.05, 4.69) is 0 Å². The molecule has 0 aliphatic carbocycles. The van der Waals surface area contributed by atoms with Crippen LogP contribution in [0.3, 0.4) is 0 Å². The molecule has 102 valence electrons. The molecule has 0 saturated carbocycles. The van der Waals surface area contributed by atoms with Gasteiger partial charge in [-0.25, -0.2) is 4.79 Å². The van der Waals surface area contributed by atoms with Crippen LogP contribution in [-0.4, -0.2) is 33.0 Å². The highest BCUT2D eigenvalue weighted by atomic mass is 16.6. The van der Waals surface area contributed by atoms with Gasteiger partial charge in [0.2, 0.25) is 0 Å². The minimum atomic E-state index is -0.594. The van der Waals surface area contributed by atoms with Crippen LogP contribution in [0.2, 0.25) is 0 Å². The summed E-state index contributed by atoms with van der Waals surface area (Å²) in [5.41, 5.74) is -0.424. The second kappa shape index (κ2) is 5.91. The first-order chi connectivity index (χ1) is 8.35. The Morgan fingerprint density at radius 1 is 1.39 bits per heavy atom. The Bertz CT molecular complexity index is 404. The molecule has 5 nitrogen and oxygen atoms in total. The molecule has 2 N–H and O–H groups in total. The number of aryl methyl sites for hydroxylation is 1. The fourth-order valence-electron chi connectivity index (χ4n) is 1.59. The van der Waals surface area contributed by atoms with Crippen LogP contribution in [0.15, 0.2) is 12.3 Å². The van der Waals surface area contributed by atoms with Crippen molar-refractivity contribution in [1.82, 2.24) is 4.57 Å². The molecule has 0 bridgehead atoms. The number of ether oxygens (including phenoxy) is 1. The summed E-state index contributed by atoms with van der Waals surface area (Å²) in [4.78, 5) is 11.9. The zero-order valence-corrected chi connectivity index (χ0v) is 11.1. The number of aromatic hydroxyl groups is 1. The van der Waals surface area contributed by atoms with E-state index in [9.17, 15) is 9.90 Å². The van der Waals surface area contributed by atoms with Crippen molar-refractivity contribution in [3.8, 4) is 5.75 Å². The largest absolute Gasteiger partial charge is 0.505 e. The first-order valence-electron chi connectivity index (χ1n) is 6.07. The third-order valence-electron chi connectivity index (χ3n) is 2.34. The number of nitrogens with zero attached hydrogens (tertiary/aromatic N) is 1. The van der Waals surface area contributed by atoms with Gasteiger partial charge in [0.25, 0.3) is 0 Å². The zero-order chi connectivity index (χ0) is 13.8. The SMILES string of the molecule is CC(C)(C)OC(=O)c1c(O)ccn1CCCCO. The van der Waals surface area contributed by atoms with Gasteiger partial charge in [0, 0.05) is 19.3 Å². The predicted octanol–water partition coefficient (Wildman–Crippen LogP) is 1.92. The highest BCUT2D eigenvalue weighted by Crippen LogP contribution is 2.22. The van der Waals surface area contributed by atoms with Gasteiger partial charge in [-0.15, -0.1) is 0 Å². The van der Waals surface area contributed by atoms with Gasteiger partial charge in [-0.05, 0) is 39.7 Å². The number of hydrogen-bond donors (Lipinski definition) is 2. The quantitative estimate of drug-likeness (QED) is 0.623. The van der Waals surface area contributed by atoms with E-state index in [4.69, 9.17) is 9.84 Å². The first kappa shape index (κ1) is 14.6. The number of aromatic nitrogens is 1. The Kier molecular flexibility index (Phi) is 4.78. The Hall–Kier alpha value is -1.49. The van der Waals surface area contributed by atoms with E-state index in [1.54, 1.807) is 31.5 Å². The molecule has 1 aromatic heterocycles. The number of aliphatic hydroxyl groups excluding tert-OH is 1. The smallest absolute Gasteiger partial charge is 0.359 e. The minimum absolute atomic E-state index is 0.0757. The number of esters is 1. The highest BCUT2D eigenvalue weighted by Gasteiger charge is 2.23. The molecule has 0 atom stereocenters. The third-order valence-corrected chi connectivity index (χ3v) is 2.34. The summed E-state index contributed by atoms with van der Waals surface area (Å²) in [6.07, 6.45) is 3.04. The van der Waals surface area contributed by atoms with Crippen molar-refractivity contribution in [2.75, 3.05) is 6.61 Å². The number of carbonyl (C=O) groups excluding carboxylic acids is 1.